The fraction of sp³-hybridized carbons (Fsp3) is 0.385. The highest BCUT2D eigenvalue weighted by Gasteiger charge is 2.20. The van der Waals surface area contributed by atoms with Crippen molar-refractivity contribution in [3.63, 3.8) is 0 Å². The van der Waals surface area contributed by atoms with Gasteiger partial charge < -0.3 is 9.67 Å². The van der Waals surface area contributed by atoms with E-state index in [1.807, 2.05) is 17.8 Å². The summed E-state index contributed by atoms with van der Waals surface area (Å²) in [6.45, 7) is 0. The molecule has 18 heavy (non-hydrogen) atoms. The van der Waals surface area contributed by atoms with Crippen LogP contribution in [0.2, 0.25) is 0 Å². The molecular weight excluding hydrogens is 248 g/mol. The van der Waals surface area contributed by atoms with Crippen molar-refractivity contribution in [1.82, 2.24) is 9.55 Å². The molecule has 0 spiro atoms. The molecule has 1 aromatic heterocycles. The van der Waals surface area contributed by atoms with E-state index in [0.29, 0.717) is 11.6 Å². The molecule has 4 nitrogen and oxygen atoms in total. The SMILES string of the molecule is O=C(O)c1cccc2ncn(C3CCSCC3)c12. The summed E-state index contributed by atoms with van der Waals surface area (Å²) >= 11 is 1.96. The van der Waals surface area contributed by atoms with Crippen LogP contribution in [-0.2, 0) is 0 Å². The number of benzene rings is 1. The van der Waals surface area contributed by atoms with Gasteiger partial charge in [0.05, 0.1) is 22.9 Å². The Balaban J connectivity index is 2.14. The summed E-state index contributed by atoms with van der Waals surface area (Å²) in [5.74, 6) is 1.40. The fourth-order valence-electron chi connectivity index (χ4n) is 2.50. The van der Waals surface area contributed by atoms with Gasteiger partial charge in [-0.15, -0.1) is 0 Å². The third kappa shape index (κ3) is 1.88. The Morgan fingerprint density at radius 1 is 1.39 bits per heavy atom. The molecule has 0 radical (unpaired) electrons. The second kappa shape index (κ2) is 4.65. The van der Waals surface area contributed by atoms with Crippen molar-refractivity contribution in [3.05, 3.63) is 30.1 Å². The summed E-state index contributed by atoms with van der Waals surface area (Å²) in [4.78, 5) is 15.6. The zero-order valence-electron chi connectivity index (χ0n) is 9.87. The molecule has 1 aliphatic rings. The highest BCUT2D eigenvalue weighted by Crippen LogP contribution is 2.30. The molecule has 2 aromatic rings. The Morgan fingerprint density at radius 2 is 2.17 bits per heavy atom. The first-order valence-electron chi connectivity index (χ1n) is 6.04. The van der Waals surface area contributed by atoms with E-state index in [0.717, 1.165) is 35.4 Å². The van der Waals surface area contributed by atoms with Crippen LogP contribution in [-0.4, -0.2) is 32.1 Å². The van der Waals surface area contributed by atoms with E-state index >= 15 is 0 Å². The molecule has 0 unspecified atom stereocenters. The summed E-state index contributed by atoms with van der Waals surface area (Å²) in [5.41, 5.74) is 1.89. The van der Waals surface area contributed by atoms with Crippen LogP contribution in [0.4, 0.5) is 0 Å². The van der Waals surface area contributed by atoms with Gasteiger partial charge in [-0.25, -0.2) is 9.78 Å². The summed E-state index contributed by atoms with van der Waals surface area (Å²) in [6, 6.07) is 5.66. The molecule has 0 bridgehead atoms. The van der Waals surface area contributed by atoms with Crippen molar-refractivity contribution >= 4 is 28.8 Å². The Kier molecular flexibility index (Phi) is 2.99. The predicted octanol–water partition coefficient (Wildman–Crippen LogP) is 2.80. The predicted molar refractivity (Wildman–Crippen MR) is 72.3 cm³/mol. The van der Waals surface area contributed by atoms with Gasteiger partial charge in [-0.1, -0.05) is 6.07 Å². The van der Waals surface area contributed by atoms with Gasteiger partial charge in [0, 0.05) is 6.04 Å². The number of rotatable bonds is 2. The van der Waals surface area contributed by atoms with E-state index in [4.69, 9.17) is 0 Å². The molecule has 1 saturated heterocycles. The van der Waals surface area contributed by atoms with Crippen LogP contribution in [0.5, 0.6) is 0 Å². The quantitative estimate of drug-likeness (QED) is 0.904. The molecule has 0 saturated carbocycles. The molecule has 0 atom stereocenters. The lowest BCUT2D eigenvalue weighted by molar-refractivity contribution is 0.0698. The van der Waals surface area contributed by atoms with Crippen LogP contribution < -0.4 is 0 Å². The van der Waals surface area contributed by atoms with E-state index in [9.17, 15) is 9.90 Å². The molecule has 94 valence electrons. The number of aromatic carboxylic acids is 1. The van der Waals surface area contributed by atoms with Gasteiger partial charge in [-0.3, -0.25) is 0 Å². The monoisotopic (exact) mass is 262 g/mol. The van der Waals surface area contributed by atoms with Crippen LogP contribution in [0.1, 0.15) is 29.2 Å². The Bertz CT molecular complexity index is 588. The van der Waals surface area contributed by atoms with Crippen LogP contribution in [0.15, 0.2) is 24.5 Å². The smallest absolute Gasteiger partial charge is 0.337 e. The van der Waals surface area contributed by atoms with E-state index < -0.39 is 5.97 Å². The van der Waals surface area contributed by atoms with Crippen molar-refractivity contribution in [3.8, 4) is 0 Å². The maximum atomic E-state index is 11.3. The van der Waals surface area contributed by atoms with Crippen molar-refractivity contribution in [2.75, 3.05) is 11.5 Å². The van der Waals surface area contributed by atoms with Gasteiger partial charge in [0.2, 0.25) is 0 Å². The zero-order valence-corrected chi connectivity index (χ0v) is 10.7. The molecule has 1 aliphatic heterocycles. The van der Waals surface area contributed by atoms with Crippen LogP contribution >= 0.6 is 11.8 Å². The van der Waals surface area contributed by atoms with Crippen LogP contribution in [0.3, 0.4) is 0 Å². The lowest BCUT2D eigenvalue weighted by Crippen LogP contribution is -2.15. The van der Waals surface area contributed by atoms with Crippen LogP contribution in [0, 0.1) is 0 Å². The van der Waals surface area contributed by atoms with Crippen molar-refractivity contribution in [2.45, 2.75) is 18.9 Å². The highest BCUT2D eigenvalue weighted by atomic mass is 32.2. The number of carboxylic acid groups (broad SMARTS) is 1. The van der Waals surface area contributed by atoms with Gasteiger partial charge in [-0.2, -0.15) is 11.8 Å². The number of hydrogen-bond acceptors (Lipinski definition) is 3. The number of carboxylic acids is 1. The molecule has 3 rings (SSSR count). The zero-order chi connectivity index (χ0) is 12.5. The Hall–Kier alpha value is -1.49. The van der Waals surface area contributed by atoms with Crippen molar-refractivity contribution in [1.29, 1.82) is 0 Å². The topological polar surface area (TPSA) is 55.1 Å². The second-order valence-electron chi connectivity index (χ2n) is 4.47. The Labute approximate surface area is 109 Å². The van der Waals surface area contributed by atoms with E-state index in [-0.39, 0.29) is 0 Å². The van der Waals surface area contributed by atoms with Gasteiger partial charge in [0.1, 0.15) is 0 Å². The standard InChI is InChI=1S/C13H14N2O2S/c16-13(17)10-2-1-3-11-12(10)15(8-14-11)9-4-6-18-7-5-9/h1-3,8-9H,4-7H2,(H,16,17). The average Bonchev–Trinajstić information content (AvgIpc) is 2.83. The number of nitrogens with zero attached hydrogens (tertiary/aromatic N) is 2. The lowest BCUT2D eigenvalue weighted by atomic mass is 10.1. The fourth-order valence-corrected chi connectivity index (χ4v) is 3.58. The maximum absolute atomic E-state index is 11.3. The first-order chi connectivity index (χ1) is 8.77. The summed E-state index contributed by atoms with van der Waals surface area (Å²) < 4.78 is 2.05. The minimum atomic E-state index is -0.882. The number of fused-ring (bicyclic) bond motifs is 1. The van der Waals surface area contributed by atoms with E-state index in [1.165, 1.54) is 0 Å². The molecule has 1 aromatic carbocycles. The molecule has 0 amide bonds. The maximum Gasteiger partial charge on any atom is 0.337 e. The molecule has 1 N–H and O–H groups in total. The van der Waals surface area contributed by atoms with E-state index in [2.05, 4.69) is 9.55 Å². The highest BCUT2D eigenvalue weighted by molar-refractivity contribution is 7.99. The van der Waals surface area contributed by atoms with E-state index in [1.54, 1.807) is 18.5 Å². The number of para-hydroxylation sites is 1. The third-order valence-electron chi connectivity index (χ3n) is 3.41. The first-order valence-corrected chi connectivity index (χ1v) is 7.19. The summed E-state index contributed by atoms with van der Waals surface area (Å²) in [5, 5.41) is 9.28. The number of hydrogen-bond donors (Lipinski definition) is 1. The lowest BCUT2D eigenvalue weighted by Gasteiger charge is -2.23. The van der Waals surface area contributed by atoms with Gasteiger partial charge in [0.25, 0.3) is 0 Å². The third-order valence-corrected chi connectivity index (χ3v) is 4.46. The molecule has 0 aliphatic carbocycles. The molecular formula is C13H14N2O2S. The number of aromatic nitrogens is 2. The molecule has 2 heterocycles. The van der Waals surface area contributed by atoms with Gasteiger partial charge in [0.15, 0.2) is 0 Å². The summed E-state index contributed by atoms with van der Waals surface area (Å²) in [6.07, 6.45) is 3.96. The van der Waals surface area contributed by atoms with Crippen LogP contribution in [0.25, 0.3) is 11.0 Å². The Morgan fingerprint density at radius 3 is 2.89 bits per heavy atom. The molecule has 1 fully saturated rings. The van der Waals surface area contributed by atoms with Gasteiger partial charge >= 0.3 is 5.97 Å². The largest absolute Gasteiger partial charge is 0.478 e. The first kappa shape index (κ1) is 11.6. The number of thioether (sulfide) groups is 1. The normalized spacial score (nSPS) is 17.1. The minimum Gasteiger partial charge on any atom is -0.478 e. The second-order valence-corrected chi connectivity index (χ2v) is 5.70. The van der Waals surface area contributed by atoms with Gasteiger partial charge in [-0.05, 0) is 36.5 Å². The average molecular weight is 262 g/mol. The van der Waals surface area contributed by atoms with Crippen molar-refractivity contribution in [2.24, 2.45) is 0 Å². The number of carbonyl (C=O) groups is 1. The number of imidazole rings is 1. The molecule has 5 heteroatoms. The van der Waals surface area contributed by atoms with Crippen molar-refractivity contribution < 1.29 is 9.90 Å². The summed E-state index contributed by atoms with van der Waals surface area (Å²) in [7, 11) is 0. The minimum absolute atomic E-state index is 0.350.